The number of nitrogens with one attached hydrogen (secondary N) is 2. The standard InChI is InChI=1S/C14H21N3OS/c1-3-15-12-6-5-11(9-16-12)13(18)17-10-14(2)7-4-8-19-14/h5-6,9H,3-4,7-8,10H2,1-2H3,(H,15,16)(H,17,18). The van der Waals surface area contributed by atoms with Crippen molar-refractivity contribution in [1.29, 1.82) is 0 Å². The quantitative estimate of drug-likeness (QED) is 0.869. The van der Waals surface area contributed by atoms with Crippen molar-refractivity contribution in [3.63, 3.8) is 0 Å². The van der Waals surface area contributed by atoms with Gasteiger partial charge in [0, 0.05) is 24.0 Å². The van der Waals surface area contributed by atoms with Crippen LogP contribution in [0.25, 0.3) is 0 Å². The third-order valence-corrected chi connectivity index (χ3v) is 4.85. The van der Waals surface area contributed by atoms with Gasteiger partial charge in [-0.1, -0.05) is 0 Å². The van der Waals surface area contributed by atoms with Gasteiger partial charge in [0.2, 0.25) is 0 Å². The van der Waals surface area contributed by atoms with Crippen LogP contribution in [0.5, 0.6) is 0 Å². The van der Waals surface area contributed by atoms with Crippen LogP contribution in [0.4, 0.5) is 5.82 Å². The molecule has 1 aromatic rings. The average molecular weight is 279 g/mol. The predicted molar refractivity (Wildman–Crippen MR) is 80.8 cm³/mol. The molecule has 0 radical (unpaired) electrons. The summed E-state index contributed by atoms with van der Waals surface area (Å²) in [6.07, 6.45) is 4.04. The van der Waals surface area contributed by atoms with E-state index in [0.717, 1.165) is 18.9 Å². The Hall–Kier alpha value is -1.23. The molecule has 104 valence electrons. The third kappa shape index (κ3) is 3.86. The van der Waals surface area contributed by atoms with Gasteiger partial charge in [-0.15, -0.1) is 0 Å². The molecule has 1 atom stereocenters. The first-order valence-corrected chi connectivity index (χ1v) is 7.74. The van der Waals surface area contributed by atoms with E-state index in [2.05, 4.69) is 22.5 Å². The Labute approximate surface area is 118 Å². The summed E-state index contributed by atoms with van der Waals surface area (Å²) in [4.78, 5) is 16.2. The van der Waals surface area contributed by atoms with Crippen LogP contribution in [0.1, 0.15) is 37.0 Å². The van der Waals surface area contributed by atoms with Crippen molar-refractivity contribution >= 4 is 23.5 Å². The van der Waals surface area contributed by atoms with E-state index >= 15 is 0 Å². The Morgan fingerprint density at radius 2 is 2.37 bits per heavy atom. The maximum absolute atomic E-state index is 12.0. The molecule has 5 heteroatoms. The fourth-order valence-electron chi connectivity index (χ4n) is 2.16. The van der Waals surface area contributed by atoms with Gasteiger partial charge >= 0.3 is 0 Å². The highest BCUT2D eigenvalue weighted by Crippen LogP contribution is 2.36. The van der Waals surface area contributed by atoms with Crippen LogP contribution in [0.3, 0.4) is 0 Å². The smallest absolute Gasteiger partial charge is 0.252 e. The van der Waals surface area contributed by atoms with E-state index in [1.54, 1.807) is 6.20 Å². The predicted octanol–water partition coefficient (Wildman–Crippen LogP) is 2.53. The van der Waals surface area contributed by atoms with Gasteiger partial charge in [-0.2, -0.15) is 11.8 Å². The number of hydrogen-bond donors (Lipinski definition) is 2. The number of anilines is 1. The highest BCUT2D eigenvalue weighted by atomic mass is 32.2. The lowest BCUT2D eigenvalue weighted by Crippen LogP contribution is -2.36. The number of hydrogen-bond acceptors (Lipinski definition) is 4. The lowest BCUT2D eigenvalue weighted by Gasteiger charge is -2.22. The molecule has 1 unspecified atom stereocenters. The number of nitrogens with zero attached hydrogens (tertiary/aromatic N) is 1. The van der Waals surface area contributed by atoms with E-state index in [9.17, 15) is 4.79 Å². The fraction of sp³-hybridized carbons (Fsp3) is 0.571. The molecule has 4 nitrogen and oxygen atoms in total. The van der Waals surface area contributed by atoms with Gasteiger partial charge in [-0.25, -0.2) is 4.98 Å². The molecule has 19 heavy (non-hydrogen) atoms. The van der Waals surface area contributed by atoms with Gasteiger partial charge < -0.3 is 10.6 Å². The van der Waals surface area contributed by atoms with Crippen molar-refractivity contribution in [2.24, 2.45) is 0 Å². The highest BCUT2D eigenvalue weighted by molar-refractivity contribution is 8.00. The largest absolute Gasteiger partial charge is 0.370 e. The maximum Gasteiger partial charge on any atom is 0.252 e. The second-order valence-electron chi connectivity index (χ2n) is 5.05. The molecule has 1 amide bonds. The van der Waals surface area contributed by atoms with Gasteiger partial charge in [0.25, 0.3) is 5.91 Å². The van der Waals surface area contributed by atoms with Crippen LogP contribution < -0.4 is 10.6 Å². The zero-order valence-corrected chi connectivity index (χ0v) is 12.3. The molecule has 0 aliphatic carbocycles. The van der Waals surface area contributed by atoms with E-state index in [1.165, 1.54) is 18.6 Å². The third-order valence-electron chi connectivity index (χ3n) is 3.31. The minimum atomic E-state index is -0.0377. The van der Waals surface area contributed by atoms with Crippen LogP contribution >= 0.6 is 11.8 Å². The monoisotopic (exact) mass is 279 g/mol. The zero-order chi connectivity index (χ0) is 13.7. The number of carbonyl (C=O) groups is 1. The van der Waals surface area contributed by atoms with Gasteiger partial charge in [-0.05, 0) is 44.6 Å². The Bertz CT molecular complexity index is 427. The van der Waals surface area contributed by atoms with E-state index in [0.29, 0.717) is 5.56 Å². The molecular weight excluding hydrogens is 258 g/mol. The van der Waals surface area contributed by atoms with Crippen molar-refractivity contribution in [2.45, 2.75) is 31.4 Å². The molecule has 0 saturated carbocycles. The minimum absolute atomic E-state index is 0.0377. The SMILES string of the molecule is CCNc1ccc(C(=O)NCC2(C)CCCS2)cn1. The summed E-state index contributed by atoms with van der Waals surface area (Å²) in [5, 5.41) is 6.12. The summed E-state index contributed by atoms with van der Waals surface area (Å²) >= 11 is 1.95. The molecule has 1 saturated heterocycles. The molecule has 2 N–H and O–H groups in total. The second-order valence-corrected chi connectivity index (χ2v) is 6.73. The molecule has 2 heterocycles. The Kier molecular flexibility index (Phi) is 4.69. The molecule has 0 bridgehead atoms. The fourth-order valence-corrected chi connectivity index (χ4v) is 3.40. The second kappa shape index (κ2) is 6.28. The van der Waals surface area contributed by atoms with E-state index in [1.807, 2.05) is 30.8 Å². The van der Waals surface area contributed by atoms with Crippen molar-refractivity contribution < 1.29 is 4.79 Å². The normalized spacial score (nSPS) is 22.2. The van der Waals surface area contributed by atoms with E-state index < -0.39 is 0 Å². The van der Waals surface area contributed by atoms with E-state index in [-0.39, 0.29) is 10.7 Å². The molecule has 1 aliphatic rings. The Morgan fingerprint density at radius 1 is 1.53 bits per heavy atom. The van der Waals surface area contributed by atoms with Crippen LogP contribution in [-0.2, 0) is 0 Å². The lowest BCUT2D eigenvalue weighted by molar-refractivity contribution is 0.0949. The van der Waals surface area contributed by atoms with Crippen LogP contribution in [0.15, 0.2) is 18.3 Å². The van der Waals surface area contributed by atoms with Crippen LogP contribution in [-0.4, -0.2) is 34.5 Å². The van der Waals surface area contributed by atoms with Crippen LogP contribution in [0, 0.1) is 0 Å². The van der Waals surface area contributed by atoms with Gasteiger partial charge in [0.1, 0.15) is 5.82 Å². The Morgan fingerprint density at radius 3 is 2.95 bits per heavy atom. The Balaban J connectivity index is 1.88. The summed E-state index contributed by atoms with van der Waals surface area (Å²) in [5.74, 6) is 1.97. The van der Waals surface area contributed by atoms with Crippen molar-refractivity contribution in [3.8, 4) is 0 Å². The molecule has 1 fully saturated rings. The first-order chi connectivity index (χ1) is 9.13. The minimum Gasteiger partial charge on any atom is -0.370 e. The molecule has 0 aromatic carbocycles. The number of rotatable bonds is 5. The zero-order valence-electron chi connectivity index (χ0n) is 11.5. The maximum atomic E-state index is 12.0. The van der Waals surface area contributed by atoms with E-state index in [4.69, 9.17) is 0 Å². The first kappa shape index (κ1) is 14.2. The number of amides is 1. The topological polar surface area (TPSA) is 54.0 Å². The van der Waals surface area contributed by atoms with Crippen molar-refractivity contribution in [2.75, 3.05) is 24.2 Å². The summed E-state index contributed by atoms with van der Waals surface area (Å²) in [6.45, 7) is 5.79. The highest BCUT2D eigenvalue weighted by Gasteiger charge is 2.29. The average Bonchev–Trinajstić information content (AvgIpc) is 2.85. The lowest BCUT2D eigenvalue weighted by atomic mass is 10.1. The first-order valence-electron chi connectivity index (χ1n) is 6.75. The summed E-state index contributed by atoms with van der Waals surface area (Å²) in [5.41, 5.74) is 0.619. The number of aromatic nitrogens is 1. The molecule has 2 rings (SSSR count). The molecule has 1 aromatic heterocycles. The van der Waals surface area contributed by atoms with Crippen LogP contribution in [0.2, 0.25) is 0 Å². The summed E-state index contributed by atoms with van der Waals surface area (Å²) in [6, 6.07) is 3.65. The summed E-state index contributed by atoms with van der Waals surface area (Å²) < 4.78 is 0.201. The number of thioether (sulfide) groups is 1. The van der Waals surface area contributed by atoms with Gasteiger partial charge in [-0.3, -0.25) is 4.79 Å². The van der Waals surface area contributed by atoms with Gasteiger partial charge in [0.15, 0.2) is 0 Å². The molecule has 0 spiro atoms. The van der Waals surface area contributed by atoms with Crippen molar-refractivity contribution in [3.05, 3.63) is 23.9 Å². The number of pyridine rings is 1. The van der Waals surface area contributed by atoms with Gasteiger partial charge in [0.05, 0.1) is 5.56 Å². The van der Waals surface area contributed by atoms with Crippen molar-refractivity contribution in [1.82, 2.24) is 10.3 Å². The molecule has 1 aliphatic heterocycles. The molecular formula is C14H21N3OS. The summed E-state index contributed by atoms with van der Waals surface area (Å²) in [7, 11) is 0. The number of carbonyl (C=O) groups excluding carboxylic acids is 1.